The lowest BCUT2D eigenvalue weighted by Crippen LogP contribution is -2.36. The first-order valence-electron chi connectivity index (χ1n) is 6.49. The second-order valence-electron chi connectivity index (χ2n) is 4.53. The molecule has 0 aliphatic rings. The Kier molecular flexibility index (Phi) is 6.52. The van der Waals surface area contributed by atoms with Crippen LogP contribution < -0.4 is 10.6 Å². The fraction of sp³-hybridized carbons (Fsp3) is 0.429. The van der Waals surface area contributed by atoms with Crippen molar-refractivity contribution in [2.75, 3.05) is 18.5 Å². The number of amides is 2. The van der Waals surface area contributed by atoms with Crippen LogP contribution in [0.25, 0.3) is 0 Å². The van der Waals surface area contributed by atoms with Gasteiger partial charge >= 0.3 is 11.8 Å². The molecular formula is C14H20N2O4. The summed E-state index contributed by atoms with van der Waals surface area (Å²) in [6.45, 7) is 4.77. The number of hydrogen-bond donors (Lipinski definition) is 3. The monoisotopic (exact) mass is 280 g/mol. The van der Waals surface area contributed by atoms with Crippen LogP contribution in [0.3, 0.4) is 0 Å². The number of phenols is 1. The maximum absolute atomic E-state index is 11.6. The van der Waals surface area contributed by atoms with E-state index in [2.05, 4.69) is 10.6 Å². The number of aromatic hydroxyl groups is 1. The van der Waals surface area contributed by atoms with Crippen LogP contribution in [0.1, 0.15) is 20.3 Å². The third-order valence-corrected chi connectivity index (χ3v) is 2.37. The molecule has 1 aromatic carbocycles. The minimum Gasteiger partial charge on any atom is -0.508 e. The summed E-state index contributed by atoms with van der Waals surface area (Å²) in [6, 6.07) is 6.00. The largest absolute Gasteiger partial charge is 0.508 e. The van der Waals surface area contributed by atoms with E-state index in [0.717, 1.165) is 0 Å². The molecule has 6 nitrogen and oxygen atoms in total. The Morgan fingerprint density at radius 1 is 1.30 bits per heavy atom. The van der Waals surface area contributed by atoms with Crippen LogP contribution in [0.5, 0.6) is 5.75 Å². The van der Waals surface area contributed by atoms with E-state index >= 15 is 0 Å². The summed E-state index contributed by atoms with van der Waals surface area (Å²) in [5.74, 6) is -1.45. The first-order chi connectivity index (χ1) is 9.49. The third-order valence-electron chi connectivity index (χ3n) is 2.37. The van der Waals surface area contributed by atoms with Crippen molar-refractivity contribution >= 4 is 17.5 Å². The summed E-state index contributed by atoms with van der Waals surface area (Å²) in [7, 11) is 0. The van der Waals surface area contributed by atoms with Crippen molar-refractivity contribution in [2.45, 2.75) is 26.4 Å². The molecule has 3 N–H and O–H groups in total. The quantitative estimate of drug-likeness (QED) is 0.541. The zero-order valence-corrected chi connectivity index (χ0v) is 11.7. The second kappa shape index (κ2) is 8.16. The molecule has 0 aliphatic carbocycles. The van der Waals surface area contributed by atoms with Crippen molar-refractivity contribution in [3.8, 4) is 5.75 Å². The third kappa shape index (κ3) is 6.19. The summed E-state index contributed by atoms with van der Waals surface area (Å²) in [6.07, 6.45) is 0.795. The van der Waals surface area contributed by atoms with Crippen molar-refractivity contribution in [1.29, 1.82) is 0 Å². The van der Waals surface area contributed by atoms with Crippen LogP contribution in [0.15, 0.2) is 24.3 Å². The standard InChI is InChI=1S/C14H20N2O4/c1-10(2)20-8-4-7-15-13(18)14(19)16-11-5-3-6-12(17)9-11/h3,5-6,9-10,17H,4,7-8H2,1-2H3,(H,15,18)(H,16,19). The fourth-order valence-corrected chi connectivity index (χ4v) is 1.44. The van der Waals surface area contributed by atoms with E-state index < -0.39 is 11.8 Å². The van der Waals surface area contributed by atoms with Crippen molar-refractivity contribution < 1.29 is 19.4 Å². The van der Waals surface area contributed by atoms with Crippen molar-refractivity contribution in [1.82, 2.24) is 5.32 Å². The number of phenolic OH excluding ortho intramolecular Hbond substituents is 1. The van der Waals surface area contributed by atoms with E-state index in [0.29, 0.717) is 25.3 Å². The highest BCUT2D eigenvalue weighted by atomic mass is 16.5. The van der Waals surface area contributed by atoms with Crippen LogP contribution in [0, 0.1) is 0 Å². The van der Waals surface area contributed by atoms with E-state index in [1.807, 2.05) is 13.8 Å². The van der Waals surface area contributed by atoms with Gasteiger partial charge in [-0.15, -0.1) is 0 Å². The summed E-state index contributed by atoms with van der Waals surface area (Å²) in [4.78, 5) is 23.1. The first kappa shape index (κ1) is 16.0. The molecule has 0 aliphatic heterocycles. The number of ether oxygens (including phenoxy) is 1. The molecule has 0 fully saturated rings. The average Bonchev–Trinajstić information content (AvgIpc) is 2.37. The molecule has 0 radical (unpaired) electrons. The molecule has 6 heteroatoms. The number of carbonyl (C=O) groups is 2. The number of carbonyl (C=O) groups excluding carboxylic acids is 2. The molecule has 0 aromatic heterocycles. The van der Waals surface area contributed by atoms with Gasteiger partial charge in [-0.25, -0.2) is 0 Å². The maximum Gasteiger partial charge on any atom is 0.313 e. The van der Waals surface area contributed by atoms with E-state index in [-0.39, 0.29) is 11.9 Å². The predicted molar refractivity (Wildman–Crippen MR) is 75.5 cm³/mol. The molecule has 1 rings (SSSR count). The van der Waals surface area contributed by atoms with Gasteiger partial charge in [0.25, 0.3) is 0 Å². The summed E-state index contributed by atoms with van der Waals surface area (Å²) < 4.78 is 5.31. The Balaban J connectivity index is 2.27. The Morgan fingerprint density at radius 2 is 2.05 bits per heavy atom. The van der Waals surface area contributed by atoms with Crippen molar-refractivity contribution in [2.24, 2.45) is 0 Å². The van der Waals surface area contributed by atoms with Gasteiger partial charge in [-0.1, -0.05) is 6.07 Å². The van der Waals surface area contributed by atoms with Gasteiger partial charge < -0.3 is 20.5 Å². The smallest absolute Gasteiger partial charge is 0.313 e. The van der Waals surface area contributed by atoms with E-state index in [1.54, 1.807) is 12.1 Å². The van der Waals surface area contributed by atoms with Gasteiger partial charge in [-0.3, -0.25) is 9.59 Å². The lowest BCUT2D eigenvalue weighted by molar-refractivity contribution is -0.136. The van der Waals surface area contributed by atoms with Crippen LogP contribution in [0.4, 0.5) is 5.69 Å². The van der Waals surface area contributed by atoms with Crippen LogP contribution in [-0.4, -0.2) is 36.2 Å². The van der Waals surface area contributed by atoms with Gasteiger partial charge in [0.1, 0.15) is 5.75 Å². The SMILES string of the molecule is CC(C)OCCCNC(=O)C(=O)Nc1cccc(O)c1. The van der Waals surface area contributed by atoms with Gasteiger partial charge in [0.05, 0.1) is 6.10 Å². The minimum atomic E-state index is -0.764. The zero-order valence-electron chi connectivity index (χ0n) is 11.7. The molecule has 110 valence electrons. The molecule has 0 atom stereocenters. The minimum absolute atomic E-state index is 0.0223. The maximum atomic E-state index is 11.6. The van der Waals surface area contributed by atoms with Gasteiger partial charge in [0, 0.05) is 24.9 Å². The summed E-state index contributed by atoms with van der Waals surface area (Å²) in [5.41, 5.74) is 0.369. The van der Waals surface area contributed by atoms with Crippen LogP contribution in [-0.2, 0) is 14.3 Å². The Labute approximate surface area is 118 Å². The van der Waals surface area contributed by atoms with E-state index in [1.165, 1.54) is 12.1 Å². The molecule has 0 unspecified atom stereocenters. The number of hydrogen-bond acceptors (Lipinski definition) is 4. The molecule has 0 spiro atoms. The first-order valence-corrected chi connectivity index (χ1v) is 6.49. The van der Waals surface area contributed by atoms with Gasteiger partial charge in [-0.2, -0.15) is 0 Å². The van der Waals surface area contributed by atoms with E-state index in [9.17, 15) is 14.7 Å². The summed E-state index contributed by atoms with van der Waals surface area (Å²) >= 11 is 0. The molecule has 0 bridgehead atoms. The van der Waals surface area contributed by atoms with Crippen LogP contribution >= 0.6 is 0 Å². The number of anilines is 1. The lowest BCUT2D eigenvalue weighted by Gasteiger charge is -2.08. The normalized spacial score (nSPS) is 10.3. The van der Waals surface area contributed by atoms with Crippen LogP contribution in [0.2, 0.25) is 0 Å². The van der Waals surface area contributed by atoms with E-state index in [4.69, 9.17) is 4.74 Å². The topological polar surface area (TPSA) is 87.7 Å². The second-order valence-corrected chi connectivity index (χ2v) is 4.53. The molecule has 0 saturated heterocycles. The van der Waals surface area contributed by atoms with Gasteiger partial charge in [0.2, 0.25) is 0 Å². The zero-order chi connectivity index (χ0) is 15.0. The molecule has 1 aromatic rings. The molecule has 0 saturated carbocycles. The Hall–Kier alpha value is -2.08. The van der Waals surface area contributed by atoms with Crippen molar-refractivity contribution in [3.63, 3.8) is 0 Å². The highest BCUT2D eigenvalue weighted by Gasteiger charge is 2.12. The fourth-order valence-electron chi connectivity index (χ4n) is 1.44. The number of rotatable bonds is 6. The van der Waals surface area contributed by atoms with Gasteiger partial charge in [0.15, 0.2) is 0 Å². The lowest BCUT2D eigenvalue weighted by atomic mass is 10.3. The Bertz CT molecular complexity index is 460. The van der Waals surface area contributed by atoms with Crippen molar-refractivity contribution in [3.05, 3.63) is 24.3 Å². The number of nitrogens with one attached hydrogen (secondary N) is 2. The summed E-state index contributed by atoms with van der Waals surface area (Å²) in [5, 5.41) is 14.1. The molecular weight excluding hydrogens is 260 g/mol. The molecule has 0 heterocycles. The highest BCUT2D eigenvalue weighted by Crippen LogP contribution is 2.14. The Morgan fingerprint density at radius 3 is 2.70 bits per heavy atom. The molecule has 2 amide bonds. The predicted octanol–water partition coefficient (Wildman–Crippen LogP) is 1.26. The average molecular weight is 280 g/mol. The molecule has 20 heavy (non-hydrogen) atoms. The van der Waals surface area contributed by atoms with Gasteiger partial charge in [-0.05, 0) is 32.4 Å². The highest BCUT2D eigenvalue weighted by molar-refractivity contribution is 6.39. The number of benzene rings is 1.